The summed E-state index contributed by atoms with van der Waals surface area (Å²) >= 11 is 0. The molecule has 0 aliphatic carbocycles. The lowest BCUT2D eigenvalue weighted by Crippen LogP contribution is -2.15. The van der Waals surface area contributed by atoms with Gasteiger partial charge < -0.3 is 5.32 Å². The maximum absolute atomic E-state index is 11.3. The van der Waals surface area contributed by atoms with Gasteiger partial charge in [0.05, 0.1) is 18.0 Å². The molecule has 7 heteroatoms. The monoisotopic (exact) mass is 260 g/mol. The van der Waals surface area contributed by atoms with Gasteiger partial charge in [0.15, 0.2) is 9.84 Å². The Kier molecular flexibility index (Phi) is 5.57. The topological polar surface area (TPSA) is 76.9 Å². The largest absolute Gasteiger partial charge is 0.311 e. The Hall–Kier alpha value is -0.950. The van der Waals surface area contributed by atoms with Crippen LogP contribution in [0.25, 0.3) is 0 Å². The van der Waals surface area contributed by atoms with E-state index in [1.54, 1.807) is 17.8 Å². The lowest BCUT2D eigenvalue weighted by Gasteiger charge is -2.00. The second kappa shape index (κ2) is 6.70. The number of aromatic nitrogens is 3. The first-order valence-corrected chi connectivity index (χ1v) is 7.69. The number of nitrogens with one attached hydrogen (secondary N) is 1. The number of hydrogen-bond acceptors (Lipinski definition) is 5. The van der Waals surface area contributed by atoms with Gasteiger partial charge in [0, 0.05) is 18.5 Å². The summed E-state index contributed by atoms with van der Waals surface area (Å²) in [6, 6.07) is 0. The Balaban J connectivity index is 2.40. The van der Waals surface area contributed by atoms with Gasteiger partial charge in [-0.15, -0.1) is 5.10 Å². The first kappa shape index (κ1) is 14.1. The predicted octanol–water partition coefficient (Wildman–Crippen LogP) is 0.212. The molecule has 6 nitrogen and oxygen atoms in total. The van der Waals surface area contributed by atoms with E-state index in [4.69, 9.17) is 0 Å². The van der Waals surface area contributed by atoms with Crippen molar-refractivity contribution in [3.05, 3.63) is 11.9 Å². The summed E-state index contributed by atoms with van der Waals surface area (Å²) in [5.74, 6) is 0.293. The maximum Gasteiger partial charge on any atom is 0.151 e. The molecule has 0 unspecified atom stereocenters. The maximum atomic E-state index is 11.3. The van der Waals surface area contributed by atoms with E-state index in [0.717, 1.165) is 18.7 Å². The van der Waals surface area contributed by atoms with Crippen molar-refractivity contribution in [3.63, 3.8) is 0 Å². The van der Waals surface area contributed by atoms with Gasteiger partial charge in [0.25, 0.3) is 0 Å². The van der Waals surface area contributed by atoms with Crippen LogP contribution in [0.15, 0.2) is 6.20 Å². The summed E-state index contributed by atoms with van der Waals surface area (Å²) in [4.78, 5) is 0. The average Bonchev–Trinajstić information content (AvgIpc) is 2.75. The minimum Gasteiger partial charge on any atom is -0.311 e. The molecule has 0 fully saturated rings. The van der Waals surface area contributed by atoms with Crippen molar-refractivity contribution in [2.45, 2.75) is 33.4 Å². The van der Waals surface area contributed by atoms with Gasteiger partial charge in [0.2, 0.25) is 0 Å². The molecule has 1 N–H and O–H groups in total. The Labute approximate surface area is 102 Å². The van der Waals surface area contributed by atoms with Crippen LogP contribution in [0.3, 0.4) is 0 Å². The summed E-state index contributed by atoms with van der Waals surface area (Å²) in [6.45, 7) is 5.73. The molecule has 1 heterocycles. The lowest BCUT2D eigenvalue weighted by molar-refractivity contribution is 0.576. The third-order valence-electron chi connectivity index (χ3n) is 2.39. The highest BCUT2D eigenvalue weighted by Gasteiger charge is 2.08. The summed E-state index contributed by atoms with van der Waals surface area (Å²) in [6.07, 6.45) is 2.86. The van der Waals surface area contributed by atoms with Crippen molar-refractivity contribution < 1.29 is 8.42 Å². The molecule has 0 aliphatic heterocycles. The van der Waals surface area contributed by atoms with Crippen molar-refractivity contribution in [1.82, 2.24) is 20.3 Å². The van der Waals surface area contributed by atoms with Crippen molar-refractivity contribution in [2.24, 2.45) is 0 Å². The van der Waals surface area contributed by atoms with Gasteiger partial charge in [-0.3, -0.25) is 4.68 Å². The van der Waals surface area contributed by atoms with Crippen molar-refractivity contribution in [3.8, 4) is 0 Å². The number of aryl methyl sites for hydroxylation is 1. The highest BCUT2D eigenvalue weighted by Crippen LogP contribution is 1.96. The fraction of sp³-hybridized carbons (Fsp3) is 0.800. The fourth-order valence-electron chi connectivity index (χ4n) is 1.30. The molecule has 0 radical (unpaired) electrons. The SMILES string of the molecule is CCCNCc1cn(CCS(=O)(=O)CC)nn1. The van der Waals surface area contributed by atoms with Crippen molar-refractivity contribution in [2.75, 3.05) is 18.1 Å². The zero-order chi connectivity index (χ0) is 12.7. The Morgan fingerprint density at radius 1 is 1.41 bits per heavy atom. The minimum atomic E-state index is -2.93. The van der Waals surface area contributed by atoms with Gasteiger partial charge in [0.1, 0.15) is 0 Å². The molecule has 0 saturated heterocycles. The predicted molar refractivity (Wildman–Crippen MR) is 66.3 cm³/mol. The summed E-state index contributed by atoms with van der Waals surface area (Å²) in [5, 5.41) is 11.1. The molecule has 1 aromatic rings. The molecule has 1 aromatic heterocycles. The molecule has 0 saturated carbocycles. The number of sulfone groups is 1. The molecule has 0 spiro atoms. The van der Waals surface area contributed by atoms with E-state index in [1.807, 2.05) is 0 Å². The standard InChI is InChI=1S/C10H20N4O2S/c1-3-5-11-8-10-9-14(13-12-10)6-7-17(15,16)4-2/h9,11H,3-8H2,1-2H3. The van der Waals surface area contributed by atoms with Crippen LogP contribution in [0.1, 0.15) is 26.0 Å². The van der Waals surface area contributed by atoms with Gasteiger partial charge in [-0.2, -0.15) is 0 Å². The van der Waals surface area contributed by atoms with Gasteiger partial charge >= 0.3 is 0 Å². The highest BCUT2D eigenvalue weighted by atomic mass is 32.2. The number of hydrogen-bond donors (Lipinski definition) is 1. The van der Waals surface area contributed by atoms with E-state index >= 15 is 0 Å². The van der Waals surface area contributed by atoms with Crippen LogP contribution < -0.4 is 5.32 Å². The third-order valence-corrected chi connectivity index (χ3v) is 4.07. The van der Waals surface area contributed by atoms with E-state index in [0.29, 0.717) is 13.1 Å². The van der Waals surface area contributed by atoms with Gasteiger partial charge in [-0.05, 0) is 13.0 Å². The lowest BCUT2D eigenvalue weighted by atomic mass is 10.4. The van der Waals surface area contributed by atoms with Crippen molar-refractivity contribution >= 4 is 9.84 Å². The molecule has 0 aromatic carbocycles. The molecule has 98 valence electrons. The Bertz CT molecular complexity index is 427. The normalized spacial score (nSPS) is 11.9. The third kappa shape index (κ3) is 5.27. The minimum absolute atomic E-state index is 0.120. The quantitative estimate of drug-likeness (QED) is 0.676. The van der Waals surface area contributed by atoms with Crippen LogP contribution in [0, 0.1) is 0 Å². The first-order valence-electron chi connectivity index (χ1n) is 5.87. The summed E-state index contributed by atoms with van der Waals surface area (Å²) in [7, 11) is -2.93. The number of rotatable bonds is 8. The smallest absolute Gasteiger partial charge is 0.151 e. The Morgan fingerprint density at radius 3 is 2.82 bits per heavy atom. The highest BCUT2D eigenvalue weighted by molar-refractivity contribution is 7.91. The Morgan fingerprint density at radius 2 is 2.18 bits per heavy atom. The van der Waals surface area contributed by atoms with Crippen molar-refractivity contribution in [1.29, 1.82) is 0 Å². The van der Waals surface area contributed by atoms with Gasteiger partial charge in [-0.1, -0.05) is 19.1 Å². The van der Waals surface area contributed by atoms with E-state index in [-0.39, 0.29) is 11.5 Å². The van der Waals surface area contributed by atoms with Gasteiger partial charge in [-0.25, -0.2) is 8.42 Å². The average molecular weight is 260 g/mol. The molecule has 17 heavy (non-hydrogen) atoms. The van der Waals surface area contributed by atoms with Crippen LogP contribution >= 0.6 is 0 Å². The van der Waals surface area contributed by atoms with E-state index < -0.39 is 9.84 Å². The molecule has 0 aliphatic rings. The van der Waals surface area contributed by atoms with Crippen LogP contribution in [-0.4, -0.2) is 41.5 Å². The fourth-order valence-corrected chi connectivity index (χ4v) is 2.05. The molecular formula is C10H20N4O2S. The first-order chi connectivity index (χ1) is 8.07. The molecule has 0 amide bonds. The van der Waals surface area contributed by atoms with E-state index in [1.165, 1.54) is 0 Å². The summed E-state index contributed by atoms with van der Waals surface area (Å²) in [5.41, 5.74) is 0.840. The summed E-state index contributed by atoms with van der Waals surface area (Å²) < 4.78 is 24.2. The molecule has 0 atom stereocenters. The second-order valence-electron chi connectivity index (χ2n) is 3.89. The second-order valence-corrected chi connectivity index (χ2v) is 6.36. The molecular weight excluding hydrogens is 240 g/mol. The van der Waals surface area contributed by atoms with Crippen LogP contribution in [0.4, 0.5) is 0 Å². The number of nitrogens with zero attached hydrogens (tertiary/aromatic N) is 3. The zero-order valence-electron chi connectivity index (χ0n) is 10.4. The van der Waals surface area contributed by atoms with E-state index in [2.05, 4.69) is 22.6 Å². The van der Waals surface area contributed by atoms with E-state index in [9.17, 15) is 8.42 Å². The van der Waals surface area contributed by atoms with Crippen LogP contribution in [0.2, 0.25) is 0 Å². The van der Waals surface area contributed by atoms with Crippen LogP contribution in [0.5, 0.6) is 0 Å². The molecule has 0 bridgehead atoms. The molecule has 1 rings (SSSR count). The van der Waals surface area contributed by atoms with Crippen LogP contribution in [-0.2, 0) is 22.9 Å². The zero-order valence-corrected chi connectivity index (χ0v) is 11.2.